The normalized spacial score (nSPS) is 19.1. The third kappa shape index (κ3) is 2.49. The van der Waals surface area contributed by atoms with E-state index in [4.69, 9.17) is 11.6 Å². The summed E-state index contributed by atoms with van der Waals surface area (Å²) in [6.07, 6.45) is -3.37. The average Bonchev–Trinajstić information content (AvgIpc) is 2.13. The predicted octanol–water partition coefficient (Wildman–Crippen LogP) is 3.60. The first kappa shape index (κ1) is 12.5. The minimum atomic E-state index is -4.44. The van der Waals surface area contributed by atoms with Crippen LogP contribution >= 0.6 is 11.6 Å². The lowest BCUT2D eigenvalue weighted by Crippen LogP contribution is -2.53. The van der Waals surface area contributed by atoms with Crippen molar-refractivity contribution in [1.29, 1.82) is 0 Å². The van der Waals surface area contributed by atoms with Gasteiger partial charge in [0.05, 0.1) is 10.6 Å². The van der Waals surface area contributed by atoms with Crippen LogP contribution in [0.1, 0.15) is 19.4 Å². The minimum absolute atomic E-state index is 0.139. The predicted molar refractivity (Wildman–Crippen MR) is 60.2 cm³/mol. The van der Waals surface area contributed by atoms with E-state index in [0.717, 1.165) is 12.3 Å². The lowest BCUT2D eigenvalue weighted by molar-refractivity contribution is -0.137. The highest BCUT2D eigenvalue weighted by molar-refractivity contribution is 6.31. The Kier molecular flexibility index (Phi) is 2.77. The smallest absolute Gasteiger partial charge is 0.355 e. The van der Waals surface area contributed by atoms with Crippen molar-refractivity contribution in [2.24, 2.45) is 5.41 Å². The molecule has 1 aromatic rings. The SMILES string of the molecule is CC1(C)CN(c2cc(C(F)(F)F)c(Cl)cn2)C1. The number of halogens is 4. The number of rotatable bonds is 1. The Labute approximate surface area is 102 Å². The Morgan fingerprint density at radius 1 is 1.35 bits per heavy atom. The number of nitrogens with zero attached hydrogens (tertiary/aromatic N) is 2. The van der Waals surface area contributed by atoms with Gasteiger partial charge in [-0.15, -0.1) is 0 Å². The molecule has 0 aliphatic carbocycles. The molecule has 0 amide bonds. The summed E-state index contributed by atoms with van der Waals surface area (Å²) in [7, 11) is 0. The molecule has 17 heavy (non-hydrogen) atoms. The van der Waals surface area contributed by atoms with Crippen molar-refractivity contribution in [2.75, 3.05) is 18.0 Å². The molecular formula is C11H12ClF3N2. The molecule has 0 aromatic carbocycles. The quantitative estimate of drug-likeness (QED) is 0.770. The molecule has 6 heteroatoms. The van der Waals surface area contributed by atoms with Crippen molar-refractivity contribution in [3.63, 3.8) is 0 Å². The van der Waals surface area contributed by atoms with Gasteiger partial charge in [0.2, 0.25) is 0 Å². The Balaban J connectivity index is 2.27. The molecule has 1 aromatic heterocycles. The standard InChI is InChI=1S/C11H12ClF3N2/c1-10(2)5-17(6-10)9-3-7(11(13,14)15)8(12)4-16-9/h3-4H,5-6H2,1-2H3. The van der Waals surface area contributed by atoms with E-state index in [-0.39, 0.29) is 10.4 Å². The molecule has 0 spiro atoms. The summed E-state index contributed by atoms with van der Waals surface area (Å²) in [6.45, 7) is 5.53. The monoisotopic (exact) mass is 264 g/mol. The Bertz CT molecular complexity index is 435. The summed E-state index contributed by atoms with van der Waals surface area (Å²) in [5.41, 5.74) is -0.687. The van der Waals surface area contributed by atoms with Gasteiger partial charge in [0.15, 0.2) is 0 Å². The zero-order valence-electron chi connectivity index (χ0n) is 9.48. The van der Waals surface area contributed by atoms with Crippen LogP contribution in [0.2, 0.25) is 5.02 Å². The zero-order chi connectivity index (χ0) is 12.8. The Morgan fingerprint density at radius 2 is 1.94 bits per heavy atom. The van der Waals surface area contributed by atoms with Crippen LogP contribution in [0.25, 0.3) is 0 Å². The van der Waals surface area contributed by atoms with Crippen molar-refractivity contribution in [2.45, 2.75) is 20.0 Å². The highest BCUT2D eigenvalue weighted by atomic mass is 35.5. The molecule has 1 aliphatic rings. The molecule has 0 atom stereocenters. The Hall–Kier alpha value is -0.970. The van der Waals surface area contributed by atoms with Crippen LogP contribution in [0.4, 0.5) is 19.0 Å². The number of anilines is 1. The second-order valence-electron chi connectivity index (χ2n) is 5.04. The molecule has 0 bridgehead atoms. The average molecular weight is 265 g/mol. The van der Waals surface area contributed by atoms with Gasteiger partial charge in [-0.1, -0.05) is 25.4 Å². The second-order valence-corrected chi connectivity index (χ2v) is 5.45. The van der Waals surface area contributed by atoms with Crippen molar-refractivity contribution in [1.82, 2.24) is 4.98 Å². The number of pyridine rings is 1. The van der Waals surface area contributed by atoms with Crippen LogP contribution in [-0.2, 0) is 6.18 Å². The van der Waals surface area contributed by atoms with E-state index >= 15 is 0 Å². The van der Waals surface area contributed by atoms with E-state index < -0.39 is 11.7 Å². The summed E-state index contributed by atoms with van der Waals surface area (Å²) >= 11 is 5.50. The third-order valence-electron chi connectivity index (χ3n) is 2.71. The lowest BCUT2D eigenvalue weighted by Gasteiger charge is -2.46. The van der Waals surface area contributed by atoms with E-state index in [2.05, 4.69) is 18.8 Å². The highest BCUT2D eigenvalue weighted by Crippen LogP contribution is 2.38. The fourth-order valence-electron chi connectivity index (χ4n) is 1.97. The van der Waals surface area contributed by atoms with E-state index in [1.54, 1.807) is 0 Å². The van der Waals surface area contributed by atoms with Gasteiger partial charge in [0, 0.05) is 19.3 Å². The van der Waals surface area contributed by atoms with Crippen molar-refractivity contribution < 1.29 is 13.2 Å². The van der Waals surface area contributed by atoms with E-state index in [9.17, 15) is 13.2 Å². The molecule has 2 rings (SSSR count). The lowest BCUT2D eigenvalue weighted by atomic mass is 9.84. The first-order valence-electron chi connectivity index (χ1n) is 5.17. The third-order valence-corrected chi connectivity index (χ3v) is 3.01. The molecule has 94 valence electrons. The molecule has 1 aliphatic heterocycles. The van der Waals surface area contributed by atoms with Gasteiger partial charge in [-0.3, -0.25) is 0 Å². The van der Waals surface area contributed by atoms with Crippen LogP contribution in [0.5, 0.6) is 0 Å². The first-order chi connectivity index (χ1) is 7.69. The Morgan fingerprint density at radius 3 is 2.41 bits per heavy atom. The second kappa shape index (κ2) is 3.77. The molecule has 0 saturated carbocycles. The summed E-state index contributed by atoms with van der Waals surface area (Å²) in [6, 6.07) is 1.01. The summed E-state index contributed by atoms with van der Waals surface area (Å²) < 4.78 is 37.9. The molecular weight excluding hydrogens is 253 g/mol. The minimum Gasteiger partial charge on any atom is -0.355 e. The number of alkyl halides is 3. The highest BCUT2D eigenvalue weighted by Gasteiger charge is 2.38. The molecule has 2 heterocycles. The van der Waals surface area contributed by atoms with Crippen molar-refractivity contribution in [3.05, 3.63) is 22.8 Å². The maximum Gasteiger partial charge on any atom is 0.418 e. The molecule has 0 N–H and O–H groups in total. The maximum absolute atomic E-state index is 12.6. The van der Waals surface area contributed by atoms with Crippen LogP contribution in [-0.4, -0.2) is 18.1 Å². The summed E-state index contributed by atoms with van der Waals surface area (Å²) in [5.74, 6) is 0.334. The van der Waals surface area contributed by atoms with Gasteiger partial charge in [-0.2, -0.15) is 13.2 Å². The molecule has 0 unspecified atom stereocenters. The molecule has 1 fully saturated rings. The van der Waals surface area contributed by atoms with E-state index in [1.807, 2.05) is 4.90 Å². The number of hydrogen-bond acceptors (Lipinski definition) is 2. The number of aromatic nitrogens is 1. The maximum atomic E-state index is 12.6. The van der Waals surface area contributed by atoms with Gasteiger partial charge < -0.3 is 4.90 Å². The van der Waals surface area contributed by atoms with E-state index in [1.165, 1.54) is 0 Å². The van der Waals surface area contributed by atoms with Crippen LogP contribution in [0.15, 0.2) is 12.3 Å². The van der Waals surface area contributed by atoms with Crippen LogP contribution in [0.3, 0.4) is 0 Å². The van der Waals surface area contributed by atoms with Crippen LogP contribution in [0, 0.1) is 5.41 Å². The molecule has 1 saturated heterocycles. The topological polar surface area (TPSA) is 16.1 Å². The van der Waals surface area contributed by atoms with Gasteiger partial charge in [0.25, 0.3) is 0 Å². The molecule has 2 nitrogen and oxygen atoms in total. The van der Waals surface area contributed by atoms with Gasteiger partial charge in [0.1, 0.15) is 5.82 Å². The first-order valence-corrected chi connectivity index (χ1v) is 5.54. The van der Waals surface area contributed by atoms with Gasteiger partial charge >= 0.3 is 6.18 Å². The fraction of sp³-hybridized carbons (Fsp3) is 0.545. The summed E-state index contributed by atoms with van der Waals surface area (Å²) in [5, 5.41) is -0.360. The van der Waals surface area contributed by atoms with Gasteiger partial charge in [-0.05, 0) is 11.5 Å². The summed E-state index contributed by atoms with van der Waals surface area (Å²) in [4.78, 5) is 5.75. The largest absolute Gasteiger partial charge is 0.418 e. The van der Waals surface area contributed by atoms with Crippen molar-refractivity contribution in [3.8, 4) is 0 Å². The van der Waals surface area contributed by atoms with Crippen molar-refractivity contribution >= 4 is 17.4 Å². The van der Waals surface area contributed by atoms with E-state index in [0.29, 0.717) is 18.9 Å². The zero-order valence-corrected chi connectivity index (χ0v) is 10.2. The fourth-order valence-corrected chi connectivity index (χ4v) is 2.18. The van der Waals surface area contributed by atoms with Gasteiger partial charge in [-0.25, -0.2) is 4.98 Å². The molecule has 0 radical (unpaired) electrons. The van der Waals surface area contributed by atoms with Crippen LogP contribution < -0.4 is 4.90 Å². The number of hydrogen-bond donors (Lipinski definition) is 0.